The molecule has 0 amide bonds. The van der Waals surface area contributed by atoms with Crippen LogP contribution in [0.2, 0.25) is 0 Å². The van der Waals surface area contributed by atoms with Crippen molar-refractivity contribution in [2.24, 2.45) is 11.3 Å². The molecule has 1 saturated carbocycles. The van der Waals surface area contributed by atoms with Gasteiger partial charge < -0.3 is 9.64 Å². The molecule has 0 N–H and O–H groups in total. The SMILES string of the molecule is CC1(C)CCCCC(c2c(-c3ccc(C#N)cc3)nc(OCC3CCCN(CCC#N)C3)n3ccnc23)CCC1. The first-order valence-electron chi connectivity index (χ1n) is 15.1. The van der Waals surface area contributed by atoms with Crippen LogP contribution < -0.4 is 4.74 Å². The molecule has 7 heteroatoms. The number of ether oxygens (including phenoxy) is 1. The van der Waals surface area contributed by atoms with Gasteiger partial charge in [-0.3, -0.25) is 4.40 Å². The van der Waals surface area contributed by atoms with Crippen LogP contribution in [0.3, 0.4) is 0 Å². The van der Waals surface area contributed by atoms with Crippen LogP contribution in [-0.4, -0.2) is 45.5 Å². The third kappa shape index (κ3) is 6.65. The van der Waals surface area contributed by atoms with Crippen molar-refractivity contribution in [3.63, 3.8) is 0 Å². The van der Waals surface area contributed by atoms with Gasteiger partial charge in [0.25, 0.3) is 0 Å². The molecule has 1 saturated heterocycles. The number of imidazole rings is 1. The van der Waals surface area contributed by atoms with Crippen LogP contribution in [0.25, 0.3) is 16.9 Å². The second-order valence-electron chi connectivity index (χ2n) is 12.5. The first-order valence-corrected chi connectivity index (χ1v) is 15.1. The van der Waals surface area contributed by atoms with Crippen LogP contribution in [0.15, 0.2) is 36.7 Å². The molecule has 2 atom stereocenters. The number of likely N-dealkylation sites (tertiary alicyclic amines) is 1. The third-order valence-electron chi connectivity index (χ3n) is 8.90. The molecule has 0 spiro atoms. The summed E-state index contributed by atoms with van der Waals surface area (Å²) in [4.78, 5) is 12.4. The lowest BCUT2D eigenvalue weighted by molar-refractivity contribution is 0.126. The van der Waals surface area contributed by atoms with Gasteiger partial charge in [0, 0.05) is 48.9 Å². The van der Waals surface area contributed by atoms with E-state index in [0.29, 0.717) is 41.9 Å². The summed E-state index contributed by atoms with van der Waals surface area (Å²) in [5.74, 6) is 0.779. The Morgan fingerprint density at radius 1 is 1.02 bits per heavy atom. The maximum Gasteiger partial charge on any atom is 0.302 e. The predicted octanol–water partition coefficient (Wildman–Crippen LogP) is 7.13. The van der Waals surface area contributed by atoms with Crippen LogP contribution >= 0.6 is 0 Å². The molecule has 1 aliphatic carbocycles. The van der Waals surface area contributed by atoms with Gasteiger partial charge in [-0.2, -0.15) is 15.5 Å². The monoisotopic (exact) mass is 538 g/mol. The molecule has 2 aromatic heterocycles. The van der Waals surface area contributed by atoms with E-state index < -0.39 is 0 Å². The summed E-state index contributed by atoms with van der Waals surface area (Å²) in [7, 11) is 0. The Hall–Kier alpha value is -3.42. The zero-order valence-electron chi connectivity index (χ0n) is 24.1. The minimum absolute atomic E-state index is 0.373. The summed E-state index contributed by atoms with van der Waals surface area (Å²) in [5.41, 5.74) is 5.12. The normalized spacial score (nSPS) is 22.0. The highest BCUT2D eigenvalue weighted by atomic mass is 16.5. The van der Waals surface area contributed by atoms with Crippen LogP contribution in [0.5, 0.6) is 6.01 Å². The highest BCUT2D eigenvalue weighted by molar-refractivity contribution is 5.72. The fourth-order valence-corrected chi connectivity index (χ4v) is 6.64. The quantitative estimate of drug-likeness (QED) is 0.318. The minimum atomic E-state index is 0.373. The molecule has 5 rings (SSSR count). The van der Waals surface area contributed by atoms with Crippen molar-refractivity contribution in [2.45, 2.75) is 84.0 Å². The van der Waals surface area contributed by atoms with Gasteiger partial charge >= 0.3 is 6.01 Å². The Morgan fingerprint density at radius 3 is 2.62 bits per heavy atom. The topological polar surface area (TPSA) is 90.2 Å². The van der Waals surface area contributed by atoms with E-state index in [1.165, 1.54) is 37.7 Å². The minimum Gasteiger partial charge on any atom is -0.464 e. The molecule has 0 bridgehead atoms. The highest BCUT2D eigenvalue weighted by Crippen LogP contribution is 2.41. The highest BCUT2D eigenvalue weighted by Gasteiger charge is 2.28. The average molecular weight is 539 g/mol. The van der Waals surface area contributed by atoms with Gasteiger partial charge in [-0.25, -0.2) is 4.98 Å². The average Bonchev–Trinajstić information content (AvgIpc) is 3.48. The predicted molar refractivity (Wildman–Crippen MR) is 157 cm³/mol. The summed E-state index contributed by atoms with van der Waals surface area (Å²) in [6, 6.07) is 12.9. The van der Waals surface area contributed by atoms with Gasteiger partial charge in [0.2, 0.25) is 0 Å². The van der Waals surface area contributed by atoms with E-state index in [4.69, 9.17) is 20.0 Å². The van der Waals surface area contributed by atoms with Gasteiger partial charge in [0.05, 0.1) is 30.0 Å². The lowest BCUT2D eigenvalue weighted by Crippen LogP contribution is -2.38. The van der Waals surface area contributed by atoms with E-state index in [1.807, 2.05) is 41.1 Å². The summed E-state index contributed by atoms with van der Waals surface area (Å²) < 4.78 is 8.52. The fourth-order valence-electron chi connectivity index (χ4n) is 6.64. The Bertz CT molecular complexity index is 1360. The zero-order chi connectivity index (χ0) is 28.0. The second kappa shape index (κ2) is 12.8. The molecule has 2 aliphatic rings. The van der Waals surface area contributed by atoms with Gasteiger partial charge in [0.15, 0.2) is 0 Å². The Morgan fingerprint density at radius 2 is 1.82 bits per heavy atom. The van der Waals surface area contributed by atoms with Gasteiger partial charge in [-0.1, -0.05) is 45.2 Å². The number of piperidine rings is 1. The van der Waals surface area contributed by atoms with E-state index in [9.17, 15) is 5.26 Å². The van der Waals surface area contributed by atoms with Crippen LogP contribution in [-0.2, 0) is 0 Å². The number of fused-ring (bicyclic) bond motifs is 1. The number of aromatic nitrogens is 3. The number of hydrogen-bond acceptors (Lipinski definition) is 6. The van der Waals surface area contributed by atoms with E-state index in [2.05, 4.69) is 30.9 Å². The lowest BCUT2D eigenvalue weighted by Gasteiger charge is -2.32. The molecule has 2 unspecified atom stereocenters. The molecule has 210 valence electrons. The van der Waals surface area contributed by atoms with Crippen molar-refractivity contribution < 1.29 is 4.74 Å². The molecule has 3 aromatic rings. The molecule has 40 heavy (non-hydrogen) atoms. The largest absolute Gasteiger partial charge is 0.464 e. The van der Waals surface area contributed by atoms with Crippen LogP contribution in [0, 0.1) is 34.0 Å². The number of benzene rings is 1. The van der Waals surface area contributed by atoms with Gasteiger partial charge in [0.1, 0.15) is 5.65 Å². The smallest absolute Gasteiger partial charge is 0.302 e. The molecule has 3 heterocycles. The third-order valence-corrected chi connectivity index (χ3v) is 8.90. The van der Waals surface area contributed by atoms with Crippen LogP contribution in [0.1, 0.15) is 95.1 Å². The molecule has 2 fully saturated rings. The summed E-state index contributed by atoms with van der Waals surface area (Å²) >= 11 is 0. The van der Waals surface area contributed by atoms with Crippen molar-refractivity contribution in [3.8, 4) is 29.4 Å². The molecule has 0 radical (unpaired) electrons. The van der Waals surface area contributed by atoms with Gasteiger partial charge in [-0.15, -0.1) is 0 Å². The summed E-state index contributed by atoms with van der Waals surface area (Å²) in [6.07, 6.45) is 15.1. The number of rotatable bonds is 7. The van der Waals surface area contributed by atoms with E-state index in [0.717, 1.165) is 62.2 Å². The summed E-state index contributed by atoms with van der Waals surface area (Å²) in [6.45, 7) is 8.24. The molecule has 1 aliphatic heterocycles. The van der Waals surface area contributed by atoms with Crippen molar-refractivity contribution in [1.29, 1.82) is 10.5 Å². The second-order valence-corrected chi connectivity index (χ2v) is 12.5. The lowest BCUT2D eigenvalue weighted by atomic mass is 9.82. The number of nitrogens with zero attached hydrogens (tertiary/aromatic N) is 6. The standard InChI is InChI=1S/C33H42N6O/c1-33(2)15-4-3-9-27(10-5-16-33)29-30(28-13-11-25(22-35)12-14-28)37-32(39-21-18-36-31(29)39)40-24-26-8-6-19-38(23-26)20-7-17-34/h11-14,18,21,26-27H,3-10,15-16,19-20,23-24H2,1-2H3. The van der Waals surface area contributed by atoms with Crippen LogP contribution in [0.4, 0.5) is 0 Å². The Labute approximate surface area is 238 Å². The van der Waals surface area contributed by atoms with Crippen molar-refractivity contribution >= 4 is 5.65 Å². The number of hydrogen-bond donors (Lipinski definition) is 0. The maximum atomic E-state index is 9.38. The van der Waals surface area contributed by atoms with E-state index in [-0.39, 0.29) is 0 Å². The van der Waals surface area contributed by atoms with E-state index in [1.54, 1.807) is 0 Å². The Kier molecular flexibility index (Phi) is 9.02. The van der Waals surface area contributed by atoms with E-state index >= 15 is 0 Å². The first kappa shape index (κ1) is 28.1. The fraction of sp³-hybridized carbons (Fsp3) is 0.576. The Balaban J connectivity index is 1.48. The zero-order valence-corrected chi connectivity index (χ0v) is 24.1. The molecular formula is C33H42N6O. The van der Waals surface area contributed by atoms with Crippen molar-refractivity contribution in [1.82, 2.24) is 19.3 Å². The molecule has 1 aromatic carbocycles. The van der Waals surface area contributed by atoms with Crippen molar-refractivity contribution in [2.75, 3.05) is 26.2 Å². The first-order chi connectivity index (χ1) is 19.5. The van der Waals surface area contributed by atoms with Crippen molar-refractivity contribution in [3.05, 3.63) is 47.8 Å². The molecular weight excluding hydrogens is 496 g/mol. The number of nitriles is 2. The molecule has 7 nitrogen and oxygen atoms in total. The van der Waals surface area contributed by atoms with Gasteiger partial charge in [-0.05, 0) is 68.5 Å². The maximum absolute atomic E-state index is 9.38. The summed E-state index contributed by atoms with van der Waals surface area (Å²) in [5, 5.41) is 18.4.